The fourth-order valence-corrected chi connectivity index (χ4v) is 6.65. The Labute approximate surface area is 275 Å². The number of anilines is 1. The minimum Gasteiger partial charge on any atom is -0.364 e. The van der Waals surface area contributed by atoms with Crippen LogP contribution < -0.4 is 15.8 Å². The van der Waals surface area contributed by atoms with Crippen molar-refractivity contribution in [3.05, 3.63) is 87.6 Å². The lowest BCUT2D eigenvalue weighted by Crippen LogP contribution is -2.54. The van der Waals surface area contributed by atoms with E-state index in [1.54, 1.807) is 30.3 Å². The van der Waals surface area contributed by atoms with Gasteiger partial charge in [0.25, 0.3) is 17.4 Å². The van der Waals surface area contributed by atoms with Crippen LogP contribution in [0.2, 0.25) is 0 Å². The number of halogens is 2. The van der Waals surface area contributed by atoms with Gasteiger partial charge in [0.05, 0.1) is 28.8 Å². The number of aromatic amines is 1. The smallest absolute Gasteiger partial charge is 0.282 e. The lowest BCUT2D eigenvalue weighted by molar-refractivity contribution is -0.129. The number of aromatic nitrogens is 5. The summed E-state index contributed by atoms with van der Waals surface area (Å²) in [6.07, 6.45) is 3.26. The van der Waals surface area contributed by atoms with Gasteiger partial charge in [0.15, 0.2) is 11.5 Å². The number of hydrogen-bond donors (Lipinski definition) is 2. The highest BCUT2D eigenvalue weighted by Gasteiger charge is 2.35. The Morgan fingerprint density at radius 2 is 1.85 bits per heavy atom. The zero-order valence-corrected chi connectivity index (χ0v) is 27.6. The van der Waals surface area contributed by atoms with E-state index in [4.69, 9.17) is 4.98 Å². The summed E-state index contributed by atoms with van der Waals surface area (Å²) in [6, 6.07) is 6.26. The number of benzene rings is 1. The molecule has 13 heteroatoms. The summed E-state index contributed by atoms with van der Waals surface area (Å²) < 4.78 is 31.8. The van der Waals surface area contributed by atoms with Crippen LogP contribution in [-0.4, -0.2) is 74.2 Å². The number of fused-ring (bicyclic) bond motifs is 2. The van der Waals surface area contributed by atoms with Gasteiger partial charge in [-0.2, -0.15) is 5.10 Å². The second-order valence-electron chi connectivity index (χ2n) is 12.4. The van der Waals surface area contributed by atoms with Gasteiger partial charge in [-0.05, 0) is 56.0 Å². The second-order valence-corrected chi connectivity index (χ2v) is 12.4. The molecule has 5 heterocycles. The van der Waals surface area contributed by atoms with Gasteiger partial charge >= 0.3 is 0 Å². The van der Waals surface area contributed by atoms with Crippen LogP contribution in [0, 0.1) is 19.7 Å². The predicted molar refractivity (Wildman–Crippen MR) is 181 cm³/mol. The van der Waals surface area contributed by atoms with Crippen LogP contribution in [0.4, 0.5) is 14.5 Å². The lowest BCUT2D eigenvalue weighted by atomic mass is 9.98. The molecule has 0 saturated carbocycles. The van der Waals surface area contributed by atoms with Crippen LogP contribution in [0.3, 0.4) is 0 Å². The second kappa shape index (κ2) is 12.3. The Hall–Kier alpha value is -5.46. The zero-order valence-electron chi connectivity index (χ0n) is 27.6. The maximum Gasteiger partial charge on any atom is 0.282 e. The molecule has 1 fully saturated rings. The van der Waals surface area contributed by atoms with E-state index < -0.39 is 35.1 Å². The summed E-state index contributed by atoms with van der Waals surface area (Å²) in [4.78, 5) is 53.7. The van der Waals surface area contributed by atoms with E-state index in [0.29, 0.717) is 33.4 Å². The van der Waals surface area contributed by atoms with Gasteiger partial charge in [-0.15, -0.1) is 0 Å². The molecule has 1 atom stereocenters. The van der Waals surface area contributed by atoms with Crippen molar-refractivity contribution >= 4 is 39.4 Å². The van der Waals surface area contributed by atoms with E-state index in [1.165, 1.54) is 22.6 Å². The van der Waals surface area contributed by atoms with Crippen LogP contribution in [0.5, 0.6) is 0 Å². The molecule has 0 aliphatic carbocycles. The number of rotatable bonds is 6. The third-order valence-electron chi connectivity index (χ3n) is 8.96. The first-order chi connectivity index (χ1) is 22.8. The van der Waals surface area contributed by atoms with E-state index in [-0.39, 0.29) is 53.5 Å². The largest absolute Gasteiger partial charge is 0.364 e. The molecule has 1 saturated heterocycles. The number of carbonyl (C=O) groups excluding carboxylic acids is 2. The highest BCUT2D eigenvalue weighted by molar-refractivity contribution is 6.08. The molecule has 1 aromatic carbocycles. The third-order valence-corrected chi connectivity index (χ3v) is 8.96. The summed E-state index contributed by atoms with van der Waals surface area (Å²) in [6.45, 7) is 12.8. The van der Waals surface area contributed by atoms with Crippen molar-refractivity contribution in [1.82, 2.24) is 34.9 Å². The van der Waals surface area contributed by atoms with Crippen molar-refractivity contribution in [2.75, 3.05) is 31.6 Å². The normalized spacial score (nSPS) is 15.1. The summed E-state index contributed by atoms with van der Waals surface area (Å²) in [5.41, 5.74) is 3.13. The summed E-state index contributed by atoms with van der Waals surface area (Å²) in [7, 11) is 1.41. The van der Waals surface area contributed by atoms with E-state index in [0.717, 1.165) is 5.56 Å². The Kier molecular flexibility index (Phi) is 8.31. The number of nitrogens with one attached hydrogen (secondary N) is 2. The molecular weight excluding hydrogens is 618 g/mol. The molecule has 2 N–H and O–H groups in total. The van der Waals surface area contributed by atoms with Crippen LogP contribution in [-0.2, 0) is 4.79 Å². The van der Waals surface area contributed by atoms with Crippen LogP contribution >= 0.6 is 0 Å². The van der Waals surface area contributed by atoms with Crippen molar-refractivity contribution in [2.24, 2.45) is 0 Å². The molecule has 248 valence electrons. The van der Waals surface area contributed by atoms with Gasteiger partial charge in [0.1, 0.15) is 17.1 Å². The number of piperazine rings is 1. The third kappa shape index (κ3) is 5.19. The fraction of sp³-hybridized carbons (Fsp3) is 0.314. The molecule has 0 unspecified atom stereocenters. The molecule has 1 aliphatic rings. The minimum absolute atomic E-state index is 0.0105. The van der Waals surface area contributed by atoms with E-state index >= 15 is 4.39 Å². The highest BCUT2D eigenvalue weighted by atomic mass is 19.1. The molecule has 6 rings (SSSR count). The quantitative estimate of drug-likeness (QED) is 0.244. The Bertz CT molecular complexity index is 2210. The molecule has 48 heavy (non-hydrogen) atoms. The molecule has 11 nitrogen and oxygen atoms in total. The average molecular weight is 655 g/mol. The number of nitrogens with zero attached hydrogens (tertiary/aromatic N) is 6. The Balaban J connectivity index is 1.75. The summed E-state index contributed by atoms with van der Waals surface area (Å²) in [5, 5.41) is 10.5. The van der Waals surface area contributed by atoms with Gasteiger partial charge < -0.3 is 15.1 Å². The van der Waals surface area contributed by atoms with Gasteiger partial charge in [-0.25, -0.2) is 13.8 Å². The van der Waals surface area contributed by atoms with Crippen molar-refractivity contribution in [3.63, 3.8) is 0 Å². The Morgan fingerprint density at radius 1 is 1.10 bits per heavy atom. The van der Waals surface area contributed by atoms with Crippen LogP contribution in [0.15, 0.2) is 53.9 Å². The van der Waals surface area contributed by atoms with Crippen molar-refractivity contribution in [3.8, 4) is 16.9 Å². The first kappa shape index (κ1) is 32.5. The van der Waals surface area contributed by atoms with E-state index in [1.807, 2.05) is 39.8 Å². The van der Waals surface area contributed by atoms with Crippen molar-refractivity contribution < 1.29 is 18.4 Å². The molecular formula is C35H36F2N8O3. The lowest BCUT2D eigenvalue weighted by Gasteiger charge is -2.42. The number of H-pyrrole nitrogens is 1. The number of carbonyl (C=O) groups is 2. The topological polar surface area (TPSA) is 129 Å². The van der Waals surface area contributed by atoms with Gasteiger partial charge in [-0.1, -0.05) is 26.5 Å². The Morgan fingerprint density at radius 3 is 2.52 bits per heavy atom. The summed E-state index contributed by atoms with van der Waals surface area (Å²) >= 11 is 0. The highest BCUT2D eigenvalue weighted by Crippen LogP contribution is 2.38. The molecule has 0 radical (unpaired) electrons. The average Bonchev–Trinajstić information content (AvgIpc) is 3.53. The fourth-order valence-electron chi connectivity index (χ4n) is 6.65. The maximum atomic E-state index is 16.6. The number of hydrogen-bond acceptors (Lipinski definition) is 7. The molecule has 1 aliphatic heterocycles. The van der Waals surface area contributed by atoms with Gasteiger partial charge in [0, 0.05) is 55.3 Å². The first-order valence-electron chi connectivity index (χ1n) is 15.7. The molecule has 2 amide bonds. The first-order valence-corrected chi connectivity index (χ1v) is 15.7. The van der Waals surface area contributed by atoms with Gasteiger partial charge in [-0.3, -0.25) is 29.0 Å². The standard InChI is InChI=1S/C35H36F2N8O3/c1-17(2)28-30(19(4)10-11-39-28)45-32-22(14-24(37)29(41-32)26-18(3)8-9-25-23(26)15-40-42-25)31(27(35(45)48)33(46)38-7)44-13-12-43(16-20(44)5)34(47)21(6)36/h8-11,14-15,17,20H,6,12-13,16H2,1-5,7H3,(H,38,46)(H,40,42)/t20-/m0/s1. The number of pyridine rings is 3. The zero-order chi connectivity index (χ0) is 34.6. The maximum absolute atomic E-state index is 16.6. The van der Waals surface area contributed by atoms with E-state index in [9.17, 15) is 18.8 Å². The molecule has 4 aromatic heterocycles. The van der Waals surface area contributed by atoms with Crippen LogP contribution in [0.25, 0.3) is 38.9 Å². The minimum atomic E-state index is -1.08. The number of aryl methyl sites for hydroxylation is 2. The van der Waals surface area contributed by atoms with Crippen molar-refractivity contribution in [2.45, 2.75) is 46.6 Å². The van der Waals surface area contributed by atoms with Crippen LogP contribution in [0.1, 0.15) is 53.9 Å². The number of amides is 2. The van der Waals surface area contributed by atoms with Gasteiger partial charge in [0.2, 0.25) is 0 Å². The SMILES string of the molecule is C=C(F)C(=O)N1CCN(c2c(C(=O)NC)c(=O)n(-c3c(C)ccnc3C(C)C)c3nc(-c4c(C)ccc5[nH]ncc45)c(F)cc23)[C@@H](C)C1. The molecule has 0 bridgehead atoms. The van der Waals surface area contributed by atoms with Crippen molar-refractivity contribution in [1.29, 1.82) is 0 Å². The predicted octanol–water partition coefficient (Wildman–Crippen LogP) is 5.08. The molecule has 0 spiro atoms. The molecule has 5 aromatic rings. The van der Waals surface area contributed by atoms with E-state index in [2.05, 4.69) is 27.1 Å². The monoisotopic (exact) mass is 654 g/mol. The summed E-state index contributed by atoms with van der Waals surface area (Å²) in [5.74, 6) is -3.38.